The van der Waals surface area contributed by atoms with E-state index < -0.39 is 0 Å². The van der Waals surface area contributed by atoms with Gasteiger partial charge < -0.3 is 19.3 Å². The first kappa shape index (κ1) is 16.4. The minimum absolute atomic E-state index is 0.116. The van der Waals surface area contributed by atoms with E-state index in [9.17, 15) is 4.79 Å². The number of hydrogen-bond donors (Lipinski definition) is 1. The molecule has 2 heterocycles. The maximum atomic E-state index is 12.3. The van der Waals surface area contributed by atoms with E-state index in [-0.39, 0.29) is 12.5 Å². The van der Waals surface area contributed by atoms with Gasteiger partial charge >= 0.3 is 0 Å². The Kier molecular flexibility index (Phi) is 4.89. The number of hydrogen-bond acceptors (Lipinski definition) is 7. The third-order valence-electron chi connectivity index (χ3n) is 3.45. The van der Waals surface area contributed by atoms with Gasteiger partial charge in [-0.15, -0.1) is 0 Å². The fourth-order valence-electron chi connectivity index (χ4n) is 2.18. The van der Waals surface area contributed by atoms with Gasteiger partial charge in [-0.3, -0.25) is 9.78 Å². The highest BCUT2D eigenvalue weighted by molar-refractivity contribution is 5.94. The van der Waals surface area contributed by atoms with E-state index in [1.165, 1.54) is 14.2 Å². The number of nitrogens with one attached hydrogen (secondary N) is 1. The molecule has 0 saturated heterocycles. The smallest absolute Gasteiger partial charge is 0.251 e. The summed E-state index contributed by atoms with van der Waals surface area (Å²) in [5.41, 5.74) is 1.22. The van der Waals surface area contributed by atoms with Crippen molar-refractivity contribution in [3.8, 4) is 22.9 Å². The summed E-state index contributed by atoms with van der Waals surface area (Å²) in [7, 11) is 3.05. The van der Waals surface area contributed by atoms with Gasteiger partial charge in [-0.2, -0.15) is 4.98 Å². The summed E-state index contributed by atoms with van der Waals surface area (Å²) in [6.07, 6.45) is 3.29. The van der Waals surface area contributed by atoms with Crippen molar-refractivity contribution >= 4 is 5.91 Å². The summed E-state index contributed by atoms with van der Waals surface area (Å²) < 4.78 is 15.5. The molecule has 1 aromatic carbocycles. The zero-order chi connectivity index (χ0) is 17.6. The number of amides is 1. The average Bonchev–Trinajstić information content (AvgIpc) is 3.15. The van der Waals surface area contributed by atoms with Crippen LogP contribution in [0.3, 0.4) is 0 Å². The molecule has 0 saturated carbocycles. The number of nitrogens with zero attached hydrogens (tertiary/aromatic N) is 3. The van der Waals surface area contributed by atoms with Crippen molar-refractivity contribution in [2.24, 2.45) is 0 Å². The van der Waals surface area contributed by atoms with Gasteiger partial charge in [0.15, 0.2) is 11.5 Å². The standard InChI is InChI=1S/C17H16N4O4/c1-23-13-4-3-12(9-14(13)24-2)17(22)19-10-15-20-16(21-25-15)11-5-7-18-8-6-11/h3-9H,10H2,1-2H3,(H,19,22). The second-order valence-corrected chi connectivity index (χ2v) is 5.00. The van der Waals surface area contributed by atoms with Gasteiger partial charge in [-0.05, 0) is 30.3 Å². The van der Waals surface area contributed by atoms with Crippen molar-refractivity contribution < 1.29 is 18.8 Å². The van der Waals surface area contributed by atoms with E-state index in [0.29, 0.717) is 28.8 Å². The van der Waals surface area contributed by atoms with Crippen LogP contribution in [0.25, 0.3) is 11.4 Å². The lowest BCUT2D eigenvalue weighted by atomic mass is 10.2. The summed E-state index contributed by atoms with van der Waals surface area (Å²) in [6.45, 7) is 0.116. The highest BCUT2D eigenvalue weighted by Gasteiger charge is 2.13. The maximum absolute atomic E-state index is 12.3. The van der Waals surface area contributed by atoms with Gasteiger partial charge in [0.05, 0.1) is 20.8 Å². The van der Waals surface area contributed by atoms with Crippen molar-refractivity contribution in [3.63, 3.8) is 0 Å². The monoisotopic (exact) mass is 340 g/mol. The molecule has 1 amide bonds. The first-order valence-corrected chi connectivity index (χ1v) is 7.44. The number of benzene rings is 1. The minimum Gasteiger partial charge on any atom is -0.493 e. The predicted molar refractivity (Wildman–Crippen MR) is 88.2 cm³/mol. The second kappa shape index (κ2) is 7.43. The lowest BCUT2D eigenvalue weighted by Crippen LogP contribution is -2.23. The SMILES string of the molecule is COc1ccc(C(=O)NCc2nc(-c3ccncc3)no2)cc1OC. The molecule has 0 bridgehead atoms. The fraction of sp³-hybridized carbons (Fsp3) is 0.176. The Bertz CT molecular complexity index is 864. The summed E-state index contributed by atoms with van der Waals surface area (Å²) >= 11 is 0. The van der Waals surface area contributed by atoms with Crippen LogP contribution in [0.5, 0.6) is 11.5 Å². The number of carbonyl (C=O) groups is 1. The van der Waals surface area contributed by atoms with Crippen LogP contribution in [0.4, 0.5) is 0 Å². The molecule has 8 heteroatoms. The number of aromatic nitrogens is 3. The van der Waals surface area contributed by atoms with Crippen LogP contribution in [0.15, 0.2) is 47.2 Å². The Morgan fingerprint density at radius 2 is 1.88 bits per heavy atom. The Morgan fingerprint density at radius 1 is 1.12 bits per heavy atom. The van der Waals surface area contributed by atoms with E-state index in [1.807, 2.05) is 0 Å². The van der Waals surface area contributed by atoms with E-state index in [2.05, 4.69) is 20.4 Å². The molecule has 3 aromatic rings. The minimum atomic E-state index is -0.287. The first-order chi connectivity index (χ1) is 12.2. The van der Waals surface area contributed by atoms with Crippen LogP contribution in [-0.2, 0) is 6.54 Å². The van der Waals surface area contributed by atoms with Crippen molar-refractivity contribution in [1.82, 2.24) is 20.4 Å². The van der Waals surface area contributed by atoms with Crippen LogP contribution in [0.2, 0.25) is 0 Å². The number of rotatable bonds is 6. The molecule has 0 fully saturated rings. The lowest BCUT2D eigenvalue weighted by molar-refractivity contribution is 0.0946. The molecule has 0 aliphatic carbocycles. The molecule has 0 atom stereocenters. The summed E-state index contributed by atoms with van der Waals surface area (Å²) in [4.78, 5) is 20.4. The zero-order valence-corrected chi connectivity index (χ0v) is 13.7. The van der Waals surface area contributed by atoms with E-state index in [0.717, 1.165) is 5.56 Å². The van der Waals surface area contributed by atoms with Crippen molar-refractivity contribution in [2.75, 3.05) is 14.2 Å². The largest absolute Gasteiger partial charge is 0.493 e. The molecule has 0 aliphatic rings. The van der Waals surface area contributed by atoms with Gasteiger partial charge in [0.2, 0.25) is 11.7 Å². The highest BCUT2D eigenvalue weighted by Crippen LogP contribution is 2.27. The molecule has 0 aliphatic heterocycles. The molecule has 3 rings (SSSR count). The quantitative estimate of drug-likeness (QED) is 0.733. The Morgan fingerprint density at radius 3 is 2.60 bits per heavy atom. The predicted octanol–water partition coefficient (Wildman–Crippen LogP) is 2.08. The fourth-order valence-corrected chi connectivity index (χ4v) is 2.18. The van der Waals surface area contributed by atoms with Crippen LogP contribution >= 0.6 is 0 Å². The molecule has 0 radical (unpaired) electrons. The van der Waals surface area contributed by atoms with Crippen LogP contribution in [0, 0.1) is 0 Å². The zero-order valence-electron chi connectivity index (χ0n) is 13.7. The number of methoxy groups -OCH3 is 2. The van der Waals surface area contributed by atoms with E-state index in [4.69, 9.17) is 14.0 Å². The van der Waals surface area contributed by atoms with E-state index >= 15 is 0 Å². The Labute approximate surface area is 143 Å². The molecule has 25 heavy (non-hydrogen) atoms. The van der Waals surface area contributed by atoms with Crippen molar-refractivity contribution in [1.29, 1.82) is 0 Å². The van der Waals surface area contributed by atoms with Crippen molar-refractivity contribution in [2.45, 2.75) is 6.54 Å². The van der Waals surface area contributed by atoms with Gasteiger partial charge in [0.1, 0.15) is 0 Å². The topological polar surface area (TPSA) is 99.4 Å². The van der Waals surface area contributed by atoms with Gasteiger partial charge in [0.25, 0.3) is 5.91 Å². The third-order valence-corrected chi connectivity index (χ3v) is 3.45. The molecule has 128 valence electrons. The molecular weight excluding hydrogens is 324 g/mol. The van der Waals surface area contributed by atoms with Gasteiger partial charge in [-0.25, -0.2) is 0 Å². The Hall–Kier alpha value is -3.42. The van der Waals surface area contributed by atoms with Crippen LogP contribution in [-0.4, -0.2) is 35.3 Å². The summed E-state index contributed by atoms with van der Waals surface area (Å²) in [6, 6.07) is 8.47. The highest BCUT2D eigenvalue weighted by atomic mass is 16.5. The van der Waals surface area contributed by atoms with Crippen LogP contribution < -0.4 is 14.8 Å². The molecule has 8 nitrogen and oxygen atoms in total. The molecular formula is C17H16N4O4. The average molecular weight is 340 g/mol. The lowest BCUT2D eigenvalue weighted by Gasteiger charge is -2.09. The number of carbonyl (C=O) groups excluding carboxylic acids is 1. The normalized spacial score (nSPS) is 10.3. The number of ether oxygens (including phenoxy) is 2. The number of pyridine rings is 1. The van der Waals surface area contributed by atoms with Gasteiger partial charge in [0, 0.05) is 23.5 Å². The summed E-state index contributed by atoms with van der Waals surface area (Å²) in [5, 5.41) is 6.61. The molecule has 0 spiro atoms. The molecule has 0 unspecified atom stereocenters. The van der Waals surface area contributed by atoms with Crippen LogP contribution in [0.1, 0.15) is 16.2 Å². The van der Waals surface area contributed by atoms with Crippen molar-refractivity contribution in [3.05, 3.63) is 54.2 Å². The maximum Gasteiger partial charge on any atom is 0.251 e. The first-order valence-electron chi connectivity index (χ1n) is 7.44. The van der Waals surface area contributed by atoms with E-state index in [1.54, 1.807) is 42.7 Å². The summed E-state index contributed by atoms with van der Waals surface area (Å²) in [5.74, 6) is 1.49. The molecule has 1 N–H and O–H groups in total. The third kappa shape index (κ3) is 3.74. The second-order valence-electron chi connectivity index (χ2n) is 5.00. The van der Waals surface area contributed by atoms with Gasteiger partial charge in [-0.1, -0.05) is 5.16 Å². The Balaban J connectivity index is 1.66. The molecule has 2 aromatic heterocycles.